The third-order valence-corrected chi connectivity index (χ3v) is 5.33. The van der Waals surface area contributed by atoms with Crippen LogP contribution in [0.1, 0.15) is 40.0 Å². The Morgan fingerprint density at radius 2 is 2.15 bits per heavy atom. The van der Waals surface area contributed by atoms with E-state index in [0.717, 1.165) is 19.3 Å². The number of aliphatic hydroxyl groups excluding tert-OH is 1. The second-order valence-electron chi connectivity index (χ2n) is 4.89. The molecule has 0 fully saturated rings. The molecular formula is C13H25N3O3S. The van der Waals surface area contributed by atoms with Crippen molar-refractivity contribution in [3.8, 4) is 0 Å². The number of sulfonamides is 1. The topological polar surface area (TPSA) is 75.4 Å². The van der Waals surface area contributed by atoms with E-state index < -0.39 is 10.0 Å². The van der Waals surface area contributed by atoms with Gasteiger partial charge in [-0.15, -0.1) is 0 Å². The van der Waals surface area contributed by atoms with Gasteiger partial charge in [-0.2, -0.15) is 9.40 Å². The van der Waals surface area contributed by atoms with Crippen molar-refractivity contribution in [2.45, 2.75) is 57.5 Å². The SMILES string of the molecule is CCCCN(C(C)CC)S(=O)(=O)c1cnn(CCO)c1. The van der Waals surface area contributed by atoms with E-state index in [9.17, 15) is 8.42 Å². The highest BCUT2D eigenvalue weighted by Gasteiger charge is 2.28. The molecule has 0 saturated carbocycles. The van der Waals surface area contributed by atoms with Crippen LogP contribution in [0.25, 0.3) is 0 Å². The van der Waals surface area contributed by atoms with E-state index in [0.29, 0.717) is 13.1 Å². The molecule has 1 aromatic heterocycles. The first-order chi connectivity index (χ1) is 9.47. The second-order valence-corrected chi connectivity index (χ2v) is 6.78. The van der Waals surface area contributed by atoms with Crippen molar-refractivity contribution >= 4 is 10.0 Å². The molecule has 0 saturated heterocycles. The Bertz CT molecular complexity index is 499. The van der Waals surface area contributed by atoms with Gasteiger partial charge in [-0.1, -0.05) is 20.3 Å². The van der Waals surface area contributed by atoms with E-state index >= 15 is 0 Å². The van der Waals surface area contributed by atoms with E-state index in [1.165, 1.54) is 17.1 Å². The highest BCUT2D eigenvalue weighted by molar-refractivity contribution is 7.89. The number of unbranched alkanes of at least 4 members (excludes halogenated alkanes) is 1. The van der Waals surface area contributed by atoms with Gasteiger partial charge in [0.25, 0.3) is 0 Å². The Morgan fingerprint density at radius 1 is 1.45 bits per heavy atom. The number of hydrogen-bond acceptors (Lipinski definition) is 4. The minimum Gasteiger partial charge on any atom is -0.394 e. The van der Waals surface area contributed by atoms with Crippen LogP contribution in [0.2, 0.25) is 0 Å². The van der Waals surface area contributed by atoms with E-state index in [1.807, 2.05) is 20.8 Å². The molecule has 20 heavy (non-hydrogen) atoms. The van der Waals surface area contributed by atoms with Crippen molar-refractivity contribution in [3.05, 3.63) is 12.4 Å². The summed E-state index contributed by atoms with van der Waals surface area (Å²) in [4.78, 5) is 0.197. The fourth-order valence-corrected chi connectivity index (χ4v) is 3.63. The van der Waals surface area contributed by atoms with Gasteiger partial charge in [0.1, 0.15) is 4.90 Å². The monoisotopic (exact) mass is 303 g/mol. The first-order valence-corrected chi connectivity index (χ1v) is 8.56. The lowest BCUT2D eigenvalue weighted by Gasteiger charge is -2.26. The van der Waals surface area contributed by atoms with Crippen LogP contribution in [-0.4, -0.2) is 46.8 Å². The Morgan fingerprint density at radius 3 is 2.70 bits per heavy atom. The molecule has 0 radical (unpaired) electrons. The van der Waals surface area contributed by atoms with Crippen molar-refractivity contribution < 1.29 is 13.5 Å². The molecular weight excluding hydrogens is 278 g/mol. The summed E-state index contributed by atoms with van der Waals surface area (Å²) in [5.74, 6) is 0. The lowest BCUT2D eigenvalue weighted by molar-refractivity contribution is 0.269. The van der Waals surface area contributed by atoms with Gasteiger partial charge in [0, 0.05) is 18.8 Å². The normalized spacial score (nSPS) is 13.8. The van der Waals surface area contributed by atoms with Gasteiger partial charge in [0.15, 0.2) is 0 Å². The molecule has 116 valence electrons. The molecule has 1 atom stereocenters. The molecule has 6 nitrogen and oxygen atoms in total. The minimum atomic E-state index is -3.51. The summed E-state index contributed by atoms with van der Waals surface area (Å²) in [5, 5.41) is 12.8. The van der Waals surface area contributed by atoms with Crippen LogP contribution in [0, 0.1) is 0 Å². The predicted molar refractivity (Wildman–Crippen MR) is 77.9 cm³/mol. The van der Waals surface area contributed by atoms with Gasteiger partial charge in [-0.25, -0.2) is 8.42 Å². The maximum absolute atomic E-state index is 12.7. The van der Waals surface area contributed by atoms with Gasteiger partial charge in [-0.05, 0) is 19.8 Å². The average molecular weight is 303 g/mol. The minimum absolute atomic E-state index is 0.0345. The number of nitrogens with zero attached hydrogens (tertiary/aromatic N) is 3. The van der Waals surface area contributed by atoms with Crippen LogP contribution in [0.4, 0.5) is 0 Å². The van der Waals surface area contributed by atoms with Crippen molar-refractivity contribution in [3.63, 3.8) is 0 Å². The van der Waals surface area contributed by atoms with Gasteiger partial charge in [-0.3, -0.25) is 4.68 Å². The molecule has 1 rings (SSSR count). The zero-order chi connectivity index (χ0) is 15.2. The van der Waals surface area contributed by atoms with Gasteiger partial charge < -0.3 is 5.11 Å². The fourth-order valence-electron chi connectivity index (χ4n) is 1.93. The summed E-state index contributed by atoms with van der Waals surface area (Å²) in [6.45, 7) is 6.71. The van der Waals surface area contributed by atoms with E-state index in [-0.39, 0.29) is 17.5 Å². The molecule has 0 aliphatic carbocycles. The molecule has 1 unspecified atom stereocenters. The van der Waals surface area contributed by atoms with E-state index in [4.69, 9.17) is 5.11 Å². The smallest absolute Gasteiger partial charge is 0.246 e. The molecule has 0 aromatic carbocycles. The van der Waals surface area contributed by atoms with Crippen molar-refractivity contribution in [1.29, 1.82) is 0 Å². The molecule has 1 aromatic rings. The summed E-state index contributed by atoms with van der Waals surface area (Å²) < 4.78 is 28.3. The first-order valence-electron chi connectivity index (χ1n) is 7.12. The average Bonchev–Trinajstić information content (AvgIpc) is 2.88. The fraction of sp³-hybridized carbons (Fsp3) is 0.769. The summed E-state index contributed by atoms with van der Waals surface area (Å²) in [6, 6.07) is -0.0345. The maximum Gasteiger partial charge on any atom is 0.246 e. The molecule has 0 aliphatic heterocycles. The van der Waals surface area contributed by atoms with Crippen LogP contribution in [0.3, 0.4) is 0 Å². The largest absolute Gasteiger partial charge is 0.394 e. The highest BCUT2D eigenvalue weighted by Crippen LogP contribution is 2.19. The van der Waals surface area contributed by atoms with Crippen LogP contribution in [0.15, 0.2) is 17.3 Å². The lowest BCUT2D eigenvalue weighted by atomic mass is 10.2. The quantitative estimate of drug-likeness (QED) is 0.749. The third kappa shape index (κ3) is 4.04. The molecule has 0 aliphatic rings. The zero-order valence-electron chi connectivity index (χ0n) is 12.5. The Kier molecular flexibility index (Phi) is 6.64. The van der Waals surface area contributed by atoms with Crippen molar-refractivity contribution in [2.75, 3.05) is 13.2 Å². The van der Waals surface area contributed by atoms with Crippen molar-refractivity contribution in [2.24, 2.45) is 0 Å². The molecule has 7 heteroatoms. The number of hydrogen-bond donors (Lipinski definition) is 1. The molecule has 0 amide bonds. The standard InChI is InChI=1S/C13H25N3O3S/c1-4-6-7-16(12(3)5-2)20(18,19)13-10-14-15(11-13)8-9-17/h10-12,17H,4-9H2,1-3H3. The molecule has 0 spiro atoms. The summed E-state index contributed by atoms with van der Waals surface area (Å²) in [5.41, 5.74) is 0. The van der Waals surface area contributed by atoms with E-state index in [2.05, 4.69) is 5.10 Å². The Hall–Kier alpha value is -0.920. The number of rotatable bonds is 9. The van der Waals surface area contributed by atoms with Crippen LogP contribution in [0.5, 0.6) is 0 Å². The molecule has 1 heterocycles. The predicted octanol–water partition coefficient (Wildman–Crippen LogP) is 1.46. The summed E-state index contributed by atoms with van der Waals surface area (Å²) in [7, 11) is -3.51. The highest BCUT2D eigenvalue weighted by atomic mass is 32.2. The third-order valence-electron chi connectivity index (χ3n) is 3.36. The van der Waals surface area contributed by atoms with Crippen LogP contribution < -0.4 is 0 Å². The van der Waals surface area contributed by atoms with Crippen LogP contribution in [-0.2, 0) is 16.6 Å². The van der Waals surface area contributed by atoms with Crippen molar-refractivity contribution in [1.82, 2.24) is 14.1 Å². The van der Waals surface area contributed by atoms with Crippen LogP contribution >= 0.6 is 0 Å². The zero-order valence-corrected chi connectivity index (χ0v) is 13.3. The Balaban J connectivity index is 3.01. The number of aromatic nitrogens is 2. The first kappa shape index (κ1) is 17.1. The van der Waals surface area contributed by atoms with Gasteiger partial charge in [0.05, 0.1) is 19.3 Å². The Labute approximate surface area is 121 Å². The lowest BCUT2D eigenvalue weighted by Crippen LogP contribution is -2.38. The van der Waals surface area contributed by atoms with E-state index in [1.54, 1.807) is 4.31 Å². The second kappa shape index (κ2) is 7.75. The summed E-state index contributed by atoms with van der Waals surface area (Å²) in [6.07, 6.45) is 5.40. The van der Waals surface area contributed by atoms with Gasteiger partial charge in [0.2, 0.25) is 10.0 Å². The number of aliphatic hydroxyl groups is 1. The summed E-state index contributed by atoms with van der Waals surface area (Å²) >= 11 is 0. The maximum atomic E-state index is 12.7. The van der Waals surface area contributed by atoms with Gasteiger partial charge >= 0.3 is 0 Å². The molecule has 1 N–H and O–H groups in total. The molecule has 0 bridgehead atoms.